The van der Waals surface area contributed by atoms with E-state index in [1.807, 2.05) is 19.0 Å². The fourth-order valence-electron chi connectivity index (χ4n) is 4.90. The van der Waals surface area contributed by atoms with Crippen LogP contribution in [0.2, 0.25) is 0 Å². The summed E-state index contributed by atoms with van der Waals surface area (Å²) < 4.78 is 16.3. The van der Waals surface area contributed by atoms with E-state index in [-0.39, 0.29) is 17.8 Å². The number of carbonyl (C=O) groups excluding carboxylic acids is 1. The minimum Gasteiger partial charge on any atom is -0.330 e. The average Bonchev–Trinajstić information content (AvgIpc) is 2.98. The van der Waals surface area contributed by atoms with Gasteiger partial charge in [-0.1, -0.05) is 88.6 Å². The van der Waals surface area contributed by atoms with E-state index in [4.69, 9.17) is 0 Å². The van der Waals surface area contributed by atoms with Gasteiger partial charge in [0.05, 0.1) is 0 Å². The van der Waals surface area contributed by atoms with E-state index in [2.05, 4.69) is 16.9 Å². The predicted molar refractivity (Wildman–Crippen MR) is 166 cm³/mol. The lowest BCUT2D eigenvalue weighted by atomic mass is 10.1. The minimum atomic E-state index is -0.769. The number of thioether (sulfide) groups is 1. The summed E-state index contributed by atoms with van der Waals surface area (Å²) in [6, 6.07) is 6.23. The van der Waals surface area contributed by atoms with E-state index in [9.17, 15) is 18.8 Å². The van der Waals surface area contributed by atoms with Crippen molar-refractivity contribution in [3.8, 4) is 0 Å². The number of aromatic nitrogens is 4. The first-order valence-corrected chi connectivity index (χ1v) is 16.0. The van der Waals surface area contributed by atoms with Crippen molar-refractivity contribution in [1.82, 2.24) is 24.0 Å². The van der Waals surface area contributed by atoms with Gasteiger partial charge in [-0.25, -0.2) is 14.2 Å². The zero-order valence-corrected chi connectivity index (χ0v) is 26.0. The molecule has 2 aromatic heterocycles. The van der Waals surface area contributed by atoms with Gasteiger partial charge in [-0.05, 0) is 36.7 Å². The molecule has 8 nitrogen and oxygen atoms in total. The first-order chi connectivity index (χ1) is 20.3. The Kier molecular flexibility index (Phi) is 14.1. The van der Waals surface area contributed by atoms with Gasteiger partial charge >= 0.3 is 5.69 Å². The maximum absolute atomic E-state index is 13.2. The van der Waals surface area contributed by atoms with E-state index in [1.165, 1.54) is 86.0 Å². The van der Waals surface area contributed by atoms with E-state index < -0.39 is 11.9 Å². The Hall–Kier alpha value is -3.11. The monoisotopic (exact) mass is 597 g/mol. The smallest absolute Gasteiger partial charge is 0.330 e. The molecule has 0 saturated heterocycles. The summed E-state index contributed by atoms with van der Waals surface area (Å²) in [5.41, 5.74) is 1.15. The number of unbranched alkanes of at least 4 members (excludes halogenated alkanes) is 9. The Balaban J connectivity index is 1.56. The Morgan fingerprint density at radius 1 is 0.952 bits per heavy atom. The van der Waals surface area contributed by atoms with Crippen LogP contribution in [0, 0.1) is 5.82 Å². The zero-order chi connectivity index (χ0) is 30.3. The molecular weight excluding hydrogens is 553 g/mol. The molecule has 228 valence electrons. The highest BCUT2D eigenvalue weighted by Gasteiger charge is 2.18. The summed E-state index contributed by atoms with van der Waals surface area (Å²) in [5.74, 6) is 0.258. The van der Waals surface area contributed by atoms with Gasteiger partial charge in [0.15, 0.2) is 11.4 Å². The van der Waals surface area contributed by atoms with Gasteiger partial charge in [0.1, 0.15) is 12.0 Å². The third kappa shape index (κ3) is 10.6. The van der Waals surface area contributed by atoms with Crippen LogP contribution in [0.1, 0.15) is 94.0 Å². The lowest BCUT2D eigenvalue weighted by molar-refractivity contribution is -0.114. The molecule has 0 spiro atoms. The highest BCUT2D eigenvalue weighted by atomic mass is 32.2. The maximum atomic E-state index is 13.2. The number of hydrogen-bond donors (Lipinski definition) is 0. The second-order valence-corrected chi connectivity index (χ2v) is 11.9. The standard InChI is InChI=1S/C32H44FN5O3S/c1-4-5-6-7-8-9-10-11-12-13-18-36(2)29(23-39)38-21-26(20-34-31(38)41)19-27-22-37(3)32(35-30(27)40)42-24-25-14-16-28(33)17-15-25/h14-17,20-23,29H,4-13,18-19,24H2,1-3H3. The lowest BCUT2D eigenvalue weighted by Gasteiger charge is -2.25. The molecule has 42 heavy (non-hydrogen) atoms. The number of benzene rings is 1. The average molecular weight is 598 g/mol. The number of carbonyl (C=O) groups is 1. The quantitative estimate of drug-likeness (QED) is 0.0735. The first-order valence-electron chi connectivity index (χ1n) is 15.0. The molecule has 0 N–H and O–H groups in total. The molecule has 0 radical (unpaired) electrons. The summed E-state index contributed by atoms with van der Waals surface area (Å²) in [7, 11) is 3.65. The van der Waals surface area contributed by atoms with Gasteiger partial charge in [0.25, 0.3) is 5.56 Å². The largest absolute Gasteiger partial charge is 0.349 e. The van der Waals surface area contributed by atoms with E-state index in [0.29, 0.717) is 28.6 Å². The van der Waals surface area contributed by atoms with Crippen LogP contribution in [0.15, 0.2) is 57.6 Å². The molecular formula is C32H44FN5O3S. The van der Waals surface area contributed by atoms with Crippen molar-refractivity contribution in [2.45, 2.75) is 94.6 Å². The third-order valence-electron chi connectivity index (χ3n) is 7.39. The van der Waals surface area contributed by atoms with E-state index in [0.717, 1.165) is 24.7 Å². The molecule has 1 atom stereocenters. The van der Waals surface area contributed by atoms with Crippen LogP contribution in [0.25, 0.3) is 0 Å². The predicted octanol–water partition coefficient (Wildman–Crippen LogP) is 5.91. The van der Waals surface area contributed by atoms with Gasteiger partial charge in [-0.15, -0.1) is 0 Å². The molecule has 0 fully saturated rings. The molecule has 0 saturated carbocycles. The molecule has 3 rings (SSSR count). The highest BCUT2D eigenvalue weighted by Crippen LogP contribution is 2.20. The second kappa shape index (κ2) is 17.8. The molecule has 3 aromatic rings. The number of hydrogen-bond acceptors (Lipinski definition) is 7. The van der Waals surface area contributed by atoms with Crippen LogP contribution in [0.3, 0.4) is 0 Å². The van der Waals surface area contributed by atoms with Gasteiger partial charge < -0.3 is 4.57 Å². The summed E-state index contributed by atoms with van der Waals surface area (Å²) in [5, 5.41) is 0.547. The van der Waals surface area contributed by atoms with Crippen LogP contribution in [0.5, 0.6) is 0 Å². The molecule has 0 aliphatic carbocycles. The molecule has 1 unspecified atom stereocenters. The molecule has 10 heteroatoms. The van der Waals surface area contributed by atoms with Crippen LogP contribution in [-0.2, 0) is 24.0 Å². The van der Waals surface area contributed by atoms with E-state index >= 15 is 0 Å². The Morgan fingerprint density at radius 2 is 1.60 bits per heavy atom. The van der Waals surface area contributed by atoms with Crippen LogP contribution in [-0.4, -0.2) is 43.9 Å². The number of aldehydes is 1. The number of likely N-dealkylation sites (N-methyl/N-ethyl adjacent to an activating group) is 1. The topological polar surface area (TPSA) is 90.1 Å². The second-order valence-electron chi connectivity index (χ2n) is 10.9. The summed E-state index contributed by atoms with van der Waals surface area (Å²) >= 11 is 1.39. The summed E-state index contributed by atoms with van der Waals surface area (Å²) in [6.07, 6.45) is 17.3. The zero-order valence-electron chi connectivity index (χ0n) is 25.1. The van der Waals surface area contributed by atoms with Crippen molar-refractivity contribution in [3.63, 3.8) is 0 Å². The molecule has 0 amide bonds. The van der Waals surface area contributed by atoms with Crippen molar-refractivity contribution < 1.29 is 9.18 Å². The third-order valence-corrected chi connectivity index (χ3v) is 8.50. The molecule has 1 aromatic carbocycles. The van der Waals surface area contributed by atoms with Crippen molar-refractivity contribution in [3.05, 3.63) is 86.2 Å². The number of halogens is 1. The Labute approximate surface area is 252 Å². The molecule has 0 aliphatic rings. The van der Waals surface area contributed by atoms with E-state index in [1.54, 1.807) is 29.1 Å². The van der Waals surface area contributed by atoms with Crippen molar-refractivity contribution in [2.75, 3.05) is 13.6 Å². The van der Waals surface area contributed by atoms with Crippen molar-refractivity contribution >= 4 is 18.0 Å². The molecule has 2 heterocycles. The van der Waals surface area contributed by atoms with Crippen LogP contribution >= 0.6 is 11.8 Å². The Morgan fingerprint density at radius 3 is 2.24 bits per heavy atom. The SMILES string of the molecule is CCCCCCCCCCCCN(C)C(C=O)n1cc(Cc2cn(C)c(SCc3ccc(F)cc3)nc2=O)cnc1=O. The van der Waals surface area contributed by atoms with Gasteiger partial charge in [0, 0.05) is 49.9 Å². The van der Waals surface area contributed by atoms with Gasteiger partial charge in [-0.2, -0.15) is 4.98 Å². The van der Waals surface area contributed by atoms with Crippen molar-refractivity contribution in [1.29, 1.82) is 0 Å². The summed E-state index contributed by atoms with van der Waals surface area (Å²) in [6.45, 7) is 2.93. The lowest BCUT2D eigenvalue weighted by Crippen LogP contribution is -2.38. The highest BCUT2D eigenvalue weighted by molar-refractivity contribution is 7.98. The minimum absolute atomic E-state index is 0.226. The van der Waals surface area contributed by atoms with Crippen LogP contribution < -0.4 is 11.2 Å². The molecule has 0 aliphatic heterocycles. The Bertz CT molecular complexity index is 1380. The first kappa shape index (κ1) is 33.4. The normalized spacial score (nSPS) is 12.1. The number of rotatable bonds is 19. The van der Waals surface area contributed by atoms with Gasteiger partial charge in [-0.3, -0.25) is 19.1 Å². The number of aryl methyl sites for hydroxylation is 1. The fourth-order valence-corrected chi connectivity index (χ4v) is 5.79. The van der Waals surface area contributed by atoms with Crippen molar-refractivity contribution in [2.24, 2.45) is 7.05 Å². The van der Waals surface area contributed by atoms with Crippen LogP contribution in [0.4, 0.5) is 4.39 Å². The molecule has 0 bridgehead atoms. The summed E-state index contributed by atoms with van der Waals surface area (Å²) in [4.78, 5) is 47.6. The number of nitrogens with zero attached hydrogens (tertiary/aromatic N) is 5. The van der Waals surface area contributed by atoms with Gasteiger partial charge in [0.2, 0.25) is 0 Å². The maximum Gasteiger partial charge on any atom is 0.349 e. The fraction of sp³-hybridized carbons (Fsp3) is 0.531.